The molecular weight excluding hydrogens is 287 g/mol. The van der Waals surface area contributed by atoms with Crippen LogP contribution >= 0.6 is 11.8 Å². The number of hydrogen-bond acceptors (Lipinski definition) is 3. The SMILES string of the molecule is CCCCOC(=O)C(CC(C)C)SCCCCCCCF. The quantitative estimate of drug-likeness (QED) is 0.317. The molecule has 0 amide bonds. The first-order valence-electron chi connectivity index (χ1n) is 8.46. The highest BCUT2D eigenvalue weighted by Gasteiger charge is 2.21. The average Bonchev–Trinajstić information content (AvgIpc) is 2.44. The van der Waals surface area contributed by atoms with E-state index in [4.69, 9.17) is 4.74 Å². The summed E-state index contributed by atoms with van der Waals surface area (Å²) < 4.78 is 17.3. The largest absolute Gasteiger partial charge is 0.465 e. The maximum atomic E-state index is 12.1. The second-order valence-corrected chi connectivity index (χ2v) is 7.28. The van der Waals surface area contributed by atoms with Crippen LogP contribution in [0.1, 0.15) is 72.1 Å². The van der Waals surface area contributed by atoms with Gasteiger partial charge in [0.1, 0.15) is 5.25 Å². The van der Waals surface area contributed by atoms with E-state index in [0.717, 1.165) is 50.7 Å². The third-order valence-corrected chi connectivity index (χ3v) is 4.60. The van der Waals surface area contributed by atoms with Crippen LogP contribution in [0.15, 0.2) is 0 Å². The van der Waals surface area contributed by atoms with Crippen molar-refractivity contribution in [3.8, 4) is 0 Å². The van der Waals surface area contributed by atoms with Crippen molar-refractivity contribution in [2.75, 3.05) is 19.0 Å². The van der Waals surface area contributed by atoms with Crippen molar-refractivity contribution in [1.82, 2.24) is 0 Å². The molecule has 0 aliphatic heterocycles. The molecule has 0 saturated heterocycles. The van der Waals surface area contributed by atoms with E-state index in [9.17, 15) is 9.18 Å². The number of ether oxygens (including phenoxy) is 1. The number of halogens is 1. The Hall–Kier alpha value is -0.250. The van der Waals surface area contributed by atoms with Gasteiger partial charge in [-0.25, -0.2) is 0 Å². The van der Waals surface area contributed by atoms with Gasteiger partial charge < -0.3 is 4.74 Å². The lowest BCUT2D eigenvalue weighted by Crippen LogP contribution is -2.23. The zero-order valence-corrected chi connectivity index (χ0v) is 14.9. The Kier molecular flexibility index (Phi) is 14.5. The standard InChI is InChI=1S/C17H33FO2S/c1-4-5-12-20-17(19)16(14-15(2)3)21-13-10-8-6-7-9-11-18/h15-16H,4-14H2,1-3H3. The van der Waals surface area contributed by atoms with Crippen molar-refractivity contribution in [3.63, 3.8) is 0 Å². The van der Waals surface area contributed by atoms with Crippen molar-refractivity contribution in [3.05, 3.63) is 0 Å². The minimum absolute atomic E-state index is 0.0207. The van der Waals surface area contributed by atoms with Gasteiger partial charge in [-0.2, -0.15) is 0 Å². The van der Waals surface area contributed by atoms with Gasteiger partial charge in [0.25, 0.3) is 0 Å². The molecule has 0 spiro atoms. The monoisotopic (exact) mass is 320 g/mol. The van der Waals surface area contributed by atoms with Gasteiger partial charge in [-0.05, 0) is 37.4 Å². The third kappa shape index (κ3) is 13.2. The molecular formula is C17H33FO2S. The highest BCUT2D eigenvalue weighted by Crippen LogP contribution is 2.22. The molecule has 0 aromatic rings. The van der Waals surface area contributed by atoms with Crippen LogP contribution in [0.5, 0.6) is 0 Å². The maximum absolute atomic E-state index is 12.1. The van der Waals surface area contributed by atoms with Crippen LogP contribution in [-0.4, -0.2) is 30.3 Å². The number of carbonyl (C=O) groups is 1. The first-order chi connectivity index (χ1) is 10.1. The van der Waals surface area contributed by atoms with Gasteiger partial charge >= 0.3 is 5.97 Å². The number of alkyl halides is 1. The Labute approximate surface area is 134 Å². The van der Waals surface area contributed by atoms with E-state index in [1.807, 2.05) is 0 Å². The number of thioether (sulfide) groups is 1. The summed E-state index contributed by atoms with van der Waals surface area (Å²) in [5.74, 6) is 1.46. The molecule has 0 aromatic heterocycles. The van der Waals surface area contributed by atoms with Crippen LogP contribution in [0.4, 0.5) is 4.39 Å². The minimum atomic E-state index is -0.200. The summed E-state index contributed by atoms with van der Waals surface area (Å²) in [5, 5.41) is -0.0207. The van der Waals surface area contributed by atoms with E-state index >= 15 is 0 Å². The summed E-state index contributed by atoms with van der Waals surface area (Å²) in [6.45, 7) is 6.73. The van der Waals surface area contributed by atoms with Crippen molar-refractivity contribution < 1.29 is 13.9 Å². The summed E-state index contributed by atoms with van der Waals surface area (Å²) in [4.78, 5) is 12.1. The van der Waals surface area contributed by atoms with Gasteiger partial charge in [0.05, 0.1) is 13.3 Å². The molecule has 0 aliphatic rings. The van der Waals surface area contributed by atoms with Gasteiger partial charge in [0.15, 0.2) is 0 Å². The molecule has 0 saturated carbocycles. The lowest BCUT2D eigenvalue weighted by molar-refractivity contribution is -0.143. The van der Waals surface area contributed by atoms with E-state index < -0.39 is 0 Å². The van der Waals surface area contributed by atoms with E-state index in [2.05, 4.69) is 20.8 Å². The Balaban J connectivity index is 3.87. The van der Waals surface area contributed by atoms with Gasteiger partial charge in [0.2, 0.25) is 0 Å². The Morgan fingerprint density at radius 3 is 2.38 bits per heavy atom. The molecule has 0 fully saturated rings. The Morgan fingerprint density at radius 2 is 1.76 bits per heavy atom. The zero-order chi connectivity index (χ0) is 15.9. The molecule has 21 heavy (non-hydrogen) atoms. The first kappa shape index (κ1) is 20.8. The fourth-order valence-electron chi connectivity index (χ4n) is 2.02. The van der Waals surface area contributed by atoms with E-state index in [0.29, 0.717) is 18.9 Å². The molecule has 0 heterocycles. The molecule has 0 aromatic carbocycles. The van der Waals surface area contributed by atoms with E-state index in [1.54, 1.807) is 11.8 Å². The van der Waals surface area contributed by atoms with Crippen LogP contribution < -0.4 is 0 Å². The van der Waals surface area contributed by atoms with Gasteiger partial charge in [-0.15, -0.1) is 11.8 Å². The van der Waals surface area contributed by atoms with Gasteiger partial charge in [-0.1, -0.05) is 46.5 Å². The molecule has 0 radical (unpaired) electrons. The Bertz CT molecular complexity index is 247. The van der Waals surface area contributed by atoms with Crippen LogP contribution in [0, 0.1) is 5.92 Å². The van der Waals surface area contributed by atoms with Crippen molar-refractivity contribution in [1.29, 1.82) is 0 Å². The molecule has 0 N–H and O–H groups in total. The smallest absolute Gasteiger partial charge is 0.319 e. The molecule has 2 nitrogen and oxygen atoms in total. The predicted molar refractivity (Wildman–Crippen MR) is 90.6 cm³/mol. The first-order valence-corrected chi connectivity index (χ1v) is 9.50. The van der Waals surface area contributed by atoms with Crippen molar-refractivity contribution >= 4 is 17.7 Å². The molecule has 126 valence electrons. The summed E-state index contributed by atoms with van der Waals surface area (Å²) in [6, 6.07) is 0. The van der Waals surface area contributed by atoms with Crippen molar-refractivity contribution in [2.45, 2.75) is 77.4 Å². The highest BCUT2D eigenvalue weighted by atomic mass is 32.2. The Morgan fingerprint density at radius 1 is 1.10 bits per heavy atom. The van der Waals surface area contributed by atoms with Gasteiger partial charge in [-0.3, -0.25) is 9.18 Å². The lowest BCUT2D eigenvalue weighted by atomic mass is 10.1. The van der Waals surface area contributed by atoms with Crippen LogP contribution in [-0.2, 0) is 9.53 Å². The molecule has 0 aliphatic carbocycles. The number of carbonyl (C=O) groups excluding carboxylic acids is 1. The lowest BCUT2D eigenvalue weighted by Gasteiger charge is -2.17. The van der Waals surface area contributed by atoms with Gasteiger partial charge in [0, 0.05) is 0 Å². The van der Waals surface area contributed by atoms with E-state index in [1.165, 1.54) is 0 Å². The number of rotatable bonds is 14. The summed E-state index contributed by atoms with van der Waals surface area (Å²) in [7, 11) is 0. The minimum Gasteiger partial charge on any atom is -0.465 e. The summed E-state index contributed by atoms with van der Waals surface area (Å²) in [6.07, 6.45) is 7.88. The number of unbranched alkanes of at least 4 members (excludes halogenated alkanes) is 5. The highest BCUT2D eigenvalue weighted by molar-refractivity contribution is 8.00. The fourth-order valence-corrected chi connectivity index (χ4v) is 3.40. The van der Waals surface area contributed by atoms with Crippen LogP contribution in [0.3, 0.4) is 0 Å². The summed E-state index contributed by atoms with van der Waals surface area (Å²) >= 11 is 1.73. The van der Waals surface area contributed by atoms with Crippen molar-refractivity contribution in [2.24, 2.45) is 5.92 Å². The molecule has 1 unspecified atom stereocenters. The fraction of sp³-hybridized carbons (Fsp3) is 0.941. The molecule has 0 bridgehead atoms. The van der Waals surface area contributed by atoms with Crippen LogP contribution in [0.2, 0.25) is 0 Å². The zero-order valence-electron chi connectivity index (χ0n) is 14.0. The third-order valence-electron chi connectivity index (χ3n) is 3.29. The average molecular weight is 321 g/mol. The molecule has 1 atom stereocenters. The predicted octanol–water partition coefficient (Wildman–Crippen LogP) is 5.40. The second kappa shape index (κ2) is 14.7. The molecule has 4 heteroatoms. The second-order valence-electron chi connectivity index (χ2n) is 5.97. The summed E-state index contributed by atoms with van der Waals surface area (Å²) in [5.41, 5.74) is 0. The normalized spacial score (nSPS) is 12.6. The molecule has 0 rings (SSSR count). The topological polar surface area (TPSA) is 26.3 Å². The maximum Gasteiger partial charge on any atom is 0.319 e. The van der Waals surface area contributed by atoms with Crippen LogP contribution in [0.25, 0.3) is 0 Å². The number of hydrogen-bond donors (Lipinski definition) is 0. The number of esters is 1. The van der Waals surface area contributed by atoms with E-state index in [-0.39, 0.29) is 17.9 Å².